The average molecular weight is 395 g/mol. The molecule has 1 N–H and O–H groups in total. The Kier molecular flexibility index (Phi) is 6.81. The SMILES string of the molecule is C[C@H]1CNCCN1C(=O)c1ccc(S(=O)(=O)Cc2ccccc2)cc1.Cl. The molecule has 1 saturated heterocycles. The van der Waals surface area contributed by atoms with Crippen molar-refractivity contribution in [3.05, 3.63) is 65.7 Å². The van der Waals surface area contributed by atoms with Crippen LogP contribution in [0.2, 0.25) is 0 Å². The van der Waals surface area contributed by atoms with Gasteiger partial charge in [0.1, 0.15) is 0 Å². The molecule has 0 aromatic heterocycles. The average Bonchev–Trinajstić information content (AvgIpc) is 2.62. The Balaban J connectivity index is 0.00000243. The van der Waals surface area contributed by atoms with Crippen LogP contribution in [0.5, 0.6) is 0 Å². The van der Waals surface area contributed by atoms with E-state index in [0.717, 1.165) is 18.7 Å². The standard InChI is InChI=1S/C19H22N2O3S.ClH/c1-15-13-20-11-12-21(15)19(22)17-7-9-18(10-8-17)25(23,24)14-16-5-3-2-4-6-16;/h2-10,15,20H,11-14H2,1H3;1H/t15-;/m0./s1. The molecule has 0 bridgehead atoms. The third-order valence-electron chi connectivity index (χ3n) is 4.42. The number of piperazine rings is 1. The van der Waals surface area contributed by atoms with Crippen LogP contribution in [0, 0.1) is 0 Å². The fourth-order valence-corrected chi connectivity index (χ4v) is 4.34. The molecule has 0 spiro atoms. The van der Waals surface area contributed by atoms with Crippen molar-refractivity contribution >= 4 is 28.2 Å². The first kappa shape index (κ1) is 20.4. The molecular formula is C19H23ClN2O3S. The van der Waals surface area contributed by atoms with Crippen LogP contribution < -0.4 is 5.32 Å². The first-order chi connectivity index (χ1) is 12.0. The molecular weight excluding hydrogens is 372 g/mol. The topological polar surface area (TPSA) is 66.5 Å². The molecule has 1 heterocycles. The van der Waals surface area contributed by atoms with Gasteiger partial charge in [0.05, 0.1) is 10.6 Å². The van der Waals surface area contributed by atoms with E-state index >= 15 is 0 Å². The maximum Gasteiger partial charge on any atom is 0.254 e. The van der Waals surface area contributed by atoms with Crippen LogP contribution in [0.1, 0.15) is 22.8 Å². The van der Waals surface area contributed by atoms with Crippen molar-refractivity contribution in [2.24, 2.45) is 0 Å². The largest absolute Gasteiger partial charge is 0.333 e. The number of halogens is 1. The normalized spacial score (nSPS) is 17.4. The molecule has 5 nitrogen and oxygen atoms in total. The number of carbonyl (C=O) groups is 1. The second-order valence-corrected chi connectivity index (χ2v) is 8.31. The first-order valence-electron chi connectivity index (χ1n) is 8.36. The number of hydrogen-bond acceptors (Lipinski definition) is 4. The van der Waals surface area contributed by atoms with Crippen LogP contribution in [0.3, 0.4) is 0 Å². The summed E-state index contributed by atoms with van der Waals surface area (Å²) in [5, 5.41) is 3.25. The molecule has 3 rings (SSSR count). The van der Waals surface area contributed by atoms with Crippen LogP contribution in [0.4, 0.5) is 0 Å². The molecule has 0 radical (unpaired) electrons. The quantitative estimate of drug-likeness (QED) is 0.865. The van der Waals surface area contributed by atoms with E-state index in [4.69, 9.17) is 0 Å². The maximum absolute atomic E-state index is 12.6. The fourth-order valence-electron chi connectivity index (χ4n) is 2.99. The van der Waals surface area contributed by atoms with Crippen molar-refractivity contribution in [1.29, 1.82) is 0 Å². The zero-order chi connectivity index (χ0) is 17.9. The molecule has 140 valence electrons. The van der Waals surface area contributed by atoms with Gasteiger partial charge in [-0.1, -0.05) is 30.3 Å². The number of carbonyl (C=O) groups excluding carboxylic acids is 1. The second kappa shape index (κ2) is 8.66. The highest BCUT2D eigenvalue weighted by Gasteiger charge is 2.24. The number of amides is 1. The lowest BCUT2D eigenvalue weighted by Crippen LogP contribution is -2.52. The van der Waals surface area contributed by atoms with E-state index in [2.05, 4.69) is 5.32 Å². The van der Waals surface area contributed by atoms with Crippen LogP contribution in [0.25, 0.3) is 0 Å². The zero-order valence-corrected chi connectivity index (χ0v) is 16.2. The van der Waals surface area contributed by atoms with E-state index in [9.17, 15) is 13.2 Å². The third-order valence-corrected chi connectivity index (χ3v) is 6.13. The molecule has 2 aromatic rings. The summed E-state index contributed by atoms with van der Waals surface area (Å²) in [6.45, 7) is 4.21. The lowest BCUT2D eigenvalue weighted by Gasteiger charge is -2.34. The minimum Gasteiger partial charge on any atom is -0.333 e. The summed E-state index contributed by atoms with van der Waals surface area (Å²) >= 11 is 0. The minimum atomic E-state index is -3.43. The van der Waals surface area contributed by atoms with E-state index < -0.39 is 9.84 Å². The van der Waals surface area contributed by atoms with E-state index in [1.807, 2.05) is 30.0 Å². The van der Waals surface area contributed by atoms with Crippen LogP contribution >= 0.6 is 12.4 Å². The Morgan fingerprint density at radius 1 is 1.12 bits per heavy atom. The molecule has 0 saturated carbocycles. The third kappa shape index (κ3) is 4.63. The number of rotatable bonds is 4. The molecule has 1 fully saturated rings. The number of hydrogen-bond donors (Lipinski definition) is 1. The molecule has 0 aliphatic carbocycles. The molecule has 26 heavy (non-hydrogen) atoms. The lowest BCUT2D eigenvalue weighted by molar-refractivity contribution is 0.0655. The molecule has 0 unspecified atom stereocenters. The summed E-state index contributed by atoms with van der Waals surface area (Å²) in [4.78, 5) is 14.7. The number of benzene rings is 2. The second-order valence-electron chi connectivity index (χ2n) is 6.32. The predicted molar refractivity (Wildman–Crippen MR) is 104 cm³/mol. The van der Waals surface area contributed by atoms with Gasteiger partial charge in [-0.2, -0.15) is 0 Å². The van der Waals surface area contributed by atoms with Crippen LogP contribution in [-0.2, 0) is 15.6 Å². The summed E-state index contributed by atoms with van der Waals surface area (Å²) in [7, 11) is -3.43. The predicted octanol–water partition coefficient (Wildman–Crippen LogP) is 2.52. The van der Waals surface area contributed by atoms with Gasteiger partial charge in [-0.3, -0.25) is 4.79 Å². The van der Waals surface area contributed by atoms with Crippen molar-refractivity contribution in [3.63, 3.8) is 0 Å². The van der Waals surface area contributed by atoms with Gasteiger partial charge in [-0.15, -0.1) is 12.4 Å². The van der Waals surface area contributed by atoms with Crippen molar-refractivity contribution in [2.45, 2.75) is 23.6 Å². The number of sulfone groups is 1. The van der Waals surface area contributed by atoms with E-state index in [0.29, 0.717) is 12.1 Å². The maximum atomic E-state index is 12.6. The summed E-state index contributed by atoms with van der Waals surface area (Å²) < 4.78 is 25.1. The molecule has 1 aliphatic rings. The first-order valence-corrected chi connectivity index (χ1v) is 10.0. The van der Waals surface area contributed by atoms with E-state index in [1.165, 1.54) is 12.1 Å². The number of nitrogens with one attached hydrogen (secondary N) is 1. The highest BCUT2D eigenvalue weighted by atomic mass is 35.5. The molecule has 1 aliphatic heterocycles. The highest BCUT2D eigenvalue weighted by molar-refractivity contribution is 7.90. The Morgan fingerprint density at radius 2 is 1.77 bits per heavy atom. The number of nitrogens with zero attached hydrogens (tertiary/aromatic N) is 1. The van der Waals surface area contributed by atoms with Gasteiger partial charge < -0.3 is 10.2 Å². The molecule has 1 amide bonds. The Bertz CT molecular complexity index is 839. The summed E-state index contributed by atoms with van der Waals surface area (Å²) in [6, 6.07) is 15.5. The molecule has 2 aromatic carbocycles. The molecule has 7 heteroatoms. The van der Waals surface area contributed by atoms with Gasteiger partial charge in [0.25, 0.3) is 5.91 Å². The highest BCUT2D eigenvalue weighted by Crippen LogP contribution is 2.18. The Labute approximate surface area is 160 Å². The van der Waals surface area contributed by atoms with Gasteiger partial charge in [-0.25, -0.2) is 8.42 Å². The minimum absolute atomic E-state index is 0. The van der Waals surface area contributed by atoms with Crippen molar-refractivity contribution in [1.82, 2.24) is 10.2 Å². The van der Waals surface area contributed by atoms with Crippen molar-refractivity contribution < 1.29 is 13.2 Å². The van der Waals surface area contributed by atoms with Gasteiger partial charge in [-0.05, 0) is 36.8 Å². The fraction of sp³-hybridized carbons (Fsp3) is 0.316. The molecule has 1 atom stereocenters. The van der Waals surface area contributed by atoms with E-state index in [1.54, 1.807) is 24.3 Å². The lowest BCUT2D eigenvalue weighted by atomic mass is 10.1. The van der Waals surface area contributed by atoms with Crippen molar-refractivity contribution in [3.8, 4) is 0 Å². The smallest absolute Gasteiger partial charge is 0.254 e. The van der Waals surface area contributed by atoms with Crippen molar-refractivity contribution in [2.75, 3.05) is 19.6 Å². The van der Waals surface area contributed by atoms with Gasteiger partial charge in [0.15, 0.2) is 9.84 Å². The van der Waals surface area contributed by atoms with Gasteiger partial charge in [0.2, 0.25) is 0 Å². The Morgan fingerprint density at radius 3 is 2.38 bits per heavy atom. The monoisotopic (exact) mass is 394 g/mol. The van der Waals surface area contributed by atoms with Gasteiger partial charge >= 0.3 is 0 Å². The Hall–Kier alpha value is -1.89. The van der Waals surface area contributed by atoms with Gasteiger partial charge in [0, 0.05) is 31.2 Å². The summed E-state index contributed by atoms with van der Waals surface area (Å²) in [6.07, 6.45) is 0. The summed E-state index contributed by atoms with van der Waals surface area (Å²) in [5.74, 6) is -0.100. The van der Waals surface area contributed by atoms with E-state index in [-0.39, 0.29) is 35.0 Å². The zero-order valence-electron chi connectivity index (χ0n) is 14.6. The van der Waals surface area contributed by atoms with Crippen LogP contribution in [0.15, 0.2) is 59.5 Å². The summed E-state index contributed by atoms with van der Waals surface area (Å²) in [5.41, 5.74) is 1.27. The van der Waals surface area contributed by atoms with Crippen LogP contribution in [-0.4, -0.2) is 44.9 Å².